The molecule has 1 aromatic carbocycles. The molecule has 1 unspecified atom stereocenters. The van der Waals surface area contributed by atoms with Crippen molar-refractivity contribution < 1.29 is 9.72 Å². The topological polar surface area (TPSA) is 85.1 Å². The van der Waals surface area contributed by atoms with Crippen LogP contribution in [-0.2, 0) is 4.79 Å². The third kappa shape index (κ3) is 4.72. The number of non-ortho nitro benzene ring substituents is 1. The van der Waals surface area contributed by atoms with Crippen LogP contribution in [0.4, 0.5) is 5.69 Å². The second-order valence-corrected chi connectivity index (χ2v) is 5.87. The lowest BCUT2D eigenvalue weighted by atomic mass is 10.2. The van der Waals surface area contributed by atoms with Crippen molar-refractivity contribution in [3.8, 4) is 0 Å². The minimum absolute atomic E-state index is 0.0248. The van der Waals surface area contributed by atoms with Gasteiger partial charge in [0.15, 0.2) is 0 Å². The van der Waals surface area contributed by atoms with Crippen LogP contribution in [0.25, 0.3) is 6.08 Å². The van der Waals surface area contributed by atoms with Crippen LogP contribution in [0.3, 0.4) is 0 Å². The molecular weight excluding hydrogens is 314 g/mol. The first kappa shape index (κ1) is 16.8. The van der Waals surface area contributed by atoms with E-state index in [1.165, 1.54) is 29.5 Å². The predicted molar refractivity (Wildman–Crippen MR) is 90.2 cm³/mol. The quantitative estimate of drug-likeness (QED) is 0.497. The van der Waals surface area contributed by atoms with Crippen LogP contribution < -0.4 is 5.32 Å². The fourth-order valence-electron chi connectivity index (χ4n) is 1.97. The van der Waals surface area contributed by atoms with E-state index in [0.717, 1.165) is 22.7 Å². The van der Waals surface area contributed by atoms with Gasteiger partial charge in [-0.25, -0.2) is 4.98 Å². The van der Waals surface area contributed by atoms with E-state index in [1.807, 2.05) is 19.2 Å². The number of hydrogen-bond acceptors (Lipinski definition) is 5. The van der Waals surface area contributed by atoms with Crippen molar-refractivity contribution in [2.45, 2.75) is 26.3 Å². The van der Waals surface area contributed by atoms with Gasteiger partial charge in [0.25, 0.3) is 5.69 Å². The van der Waals surface area contributed by atoms with Gasteiger partial charge in [-0.3, -0.25) is 14.9 Å². The fraction of sp³-hybridized carbons (Fsp3) is 0.250. The highest BCUT2D eigenvalue weighted by Gasteiger charge is 2.14. The molecule has 0 spiro atoms. The number of aromatic nitrogens is 1. The van der Waals surface area contributed by atoms with Gasteiger partial charge < -0.3 is 5.32 Å². The van der Waals surface area contributed by atoms with Gasteiger partial charge in [0.05, 0.1) is 11.0 Å². The number of amides is 1. The average molecular weight is 331 g/mol. The van der Waals surface area contributed by atoms with Crippen LogP contribution in [0, 0.1) is 17.0 Å². The van der Waals surface area contributed by atoms with Gasteiger partial charge in [0.2, 0.25) is 5.91 Å². The van der Waals surface area contributed by atoms with E-state index in [2.05, 4.69) is 10.3 Å². The molecule has 0 fully saturated rings. The number of thiazole rings is 1. The largest absolute Gasteiger partial charge is 0.343 e. The normalized spacial score (nSPS) is 12.3. The van der Waals surface area contributed by atoms with Crippen molar-refractivity contribution in [1.82, 2.24) is 10.3 Å². The molecule has 1 heterocycles. The maximum absolute atomic E-state index is 12.0. The summed E-state index contributed by atoms with van der Waals surface area (Å²) in [5.41, 5.74) is 1.69. The molecule has 1 atom stereocenters. The highest BCUT2D eigenvalue weighted by Crippen LogP contribution is 2.20. The maximum atomic E-state index is 12.0. The molecule has 0 saturated carbocycles. The molecule has 1 N–H and O–H groups in total. The van der Waals surface area contributed by atoms with Gasteiger partial charge in [0.1, 0.15) is 5.01 Å². The fourth-order valence-corrected chi connectivity index (χ4v) is 2.90. The Kier molecular flexibility index (Phi) is 5.59. The number of benzene rings is 1. The molecule has 2 rings (SSSR count). The van der Waals surface area contributed by atoms with Crippen molar-refractivity contribution in [3.63, 3.8) is 0 Å². The minimum atomic E-state index is -0.456. The molecule has 6 nitrogen and oxygen atoms in total. The highest BCUT2D eigenvalue weighted by molar-refractivity contribution is 7.09. The van der Waals surface area contributed by atoms with Crippen molar-refractivity contribution in [2.75, 3.05) is 0 Å². The van der Waals surface area contributed by atoms with E-state index < -0.39 is 4.92 Å². The molecule has 0 bridgehead atoms. The summed E-state index contributed by atoms with van der Waals surface area (Å²) in [7, 11) is 0. The van der Waals surface area contributed by atoms with Crippen LogP contribution in [0.2, 0.25) is 0 Å². The van der Waals surface area contributed by atoms with Crippen molar-refractivity contribution in [1.29, 1.82) is 0 Å². The van der Waals surface area contributed by atoms with Gasteiger partial charge in [0, 0.05) is 29.3 Å². The Bertz CT molecular complexity index is 722. The van der Waals surface area contributed by atoms with Gasteiger partial charge in [-0.1, -0.05) is 6.92 Å². The third-order valence-electron chi connectivity index (χ3n) is 3.19. The molecule has 0 aliphatic heterocycles. The molecular formula is C16H17N3O3S. The van der Waals surface area contributed by atoms with E-state index >= 15 is 0 Å². The number of nitrogens with zero attached hydrogens (tertiary/aromatic N) is 2. The first-order valence-electron chi connectivity index (χ1n) is 7.14. The summed E-state index contributed by atoms with van der Waals surface area (Å²) in [6, 6.07) is 5.91. The Morgan fingerprint density at radius 1 is 1.43 bits per heavy atom. The summed E-state index contributed by atoms with van der Waals surface area (Å²) in [4.78, 5) is 26.5. The number of aryl methyl sites for hydroxylation is 1. The monoisotopic (exact) mass is 331 g/mol. The van der Waals surface area contributed by atoms with E-state index in [-0.39, 0.29) is 17.6 Å². The standard InChI is InChI=1S/C16H17N3O3S/c1-3-14(16-17-11(2)10-23-16)18-15(20)9-6-12-4-7-13(8-5-12)19(21)22/h4-10,14H,3H2,1-2H3,(H,18,20). The maximum Gasteiger partial charge on any atom is 0.269 e. The lowest BCUT2D eigenvalue weighted by Gasteiger charge is -2.12. The smallest absolute Gasteiger partial charge is 0.269 e. The molecule has 0 aliphatic carbocycles. The zero-order chi connectivity index (χ0) is 16.8. The van der Waals surface area contributed by atoms with Crippen LogP contribution in [0.15, 0.2) is 35.7 Å². The number of rotatable bonds is 6. The Balaban J connectivity index is 1.98. The predicted octanol–water partition coefficient (Wildman–Crippen LogP) is 3.64. The molecule has 0 radical (unpaired) electrons. The number of carbonyl (C=O) groups is 1. The lowest BCUT2D eigenvalue weighted by Crippen LogP contribution is -2.26. The average Bonchev–Trinajstić information content (AvgIpc) is 2.97. The van der Waals surface area contributed by atoms with E-state index in [0.29, 0.717) is 0 Å². The second-order valence-electron chi connectivity index (χ2n) is 4.98. The van der Waals surface area contributed by atoms with E-state index in [4.69, 9.17) is 0 Å². The highest BCUT2D eigenvalue weighted by atomic mass is 32.1. The Labute approximate surface area is 138 Å². The summed E-state index contributed by atoms with van der Waals surface area (Å²) in [5, 5.41) is 16.3. The molecule has 120 valence electrons. The SMILES string of the molecule is CCC(NC(=O)C=Cc1ccc([N+](=O)[O-])cc1)c1nc(C)cs1. The summed E-state index contributed by atoms with van der Waals surface area (Å²) >= 11 is 1.53. The van der Waals surface area contributed by atoms with Gasteiger partial charge in [-0.2, -0.15) is 0 Å². The van der Waals surface area contributed by atoms with E-state index in [9.17, 15) is 14.9 Å². The summed E-state index contributed by atoms with van der Waals surface area (Å²) in [6.07, 6.45) is 3.80. The van der Waals surface area contributed by atoms with Crippen LogP contribution >= 0.6 is 11.3 Å². The van der Waals surface area contributed by atoms with Gasteiger partial charge >= 0.3 is 0 Å². The Morgan fingerprint density at radius 2 is 2.13 bits per heavy atom. The van der Waals surface area contributed by atoms with Crippen LogP contribution in [-0.4, -0.2) is 15.8 Å². The van der Waals surface area contributed by atoms with Crippen LogP contribution in [0.1, 0.15) is 35.7 Å². The van der Waals surface area contributed by atoms with Crippen molar-refractivity contribution in [2.24, 2.45) is 0 Å². The number of carbonyl (C=O) groups excluding carboxylic acids is 1. The van der Waals surface area contributed by atoms with Crippen molar-refractivity contribution >= 4 is 29.0 Å². The molecule has 0 aliphatic rings. The molecule has 2 aromatic rings. The number of nitro benzene ring substituents is 1. The molecule has 7 heteroatoms. The Morgan fingerprint density at radius 3 is 2.65 bits per heavy atom. The second kappa shape index (κ2) is 7.64. The summed E-state index contributed by atoms with van der Waals surface area (Å²) in [6.45, 7) is 3.91. The van der Waals surface area contributed by atoms with Gasteiger partial charge in [-0.15, -0.1) is 11.3 Å². The molecule has 23 heavy (non-hydrogen) atoms. The summed E-state index contributed by atoms with van der Waals surface area (Å²) < 4.78 is 0. The number of hydrogen-bond donors (Lipinski definition) is 1. The third-order valence-corrected chi connectivity index (χ3v) is 4.27. The molecule has 1 amide bonds. The first-order valence-corrected chi connectivity index (χ1v) is 8.02. The van der Waals surface area contributed by atoms with Gasteiger partial charge in [-0.05, 0) is 37.1 Å². The van der Waals surface area contributed by atoms with Crippen molar-refractivity contribution in [3.05, 3.63) is 62.1 Å². The number of nitro groups is 1. The summed E-state index contributed by atoms with van der Waals surface area (Å²) in [5.74, 6) is -0.219. The lowest BCUT2D eigenvalue weighted by molar-refractivity contribution is -0.384. The van der Waals surface area contributed by atoms with E-state index in [1.54, 1.807) is 18.2 Å². The molecule has 1 aromatic heterocycles. The zero-order valence-electron chi connectivity index (χ0n) is 12.9. The Hall–Kier alpha value is -2.54. The zero-order valence-corrected chi connectivity index (χ0v) is 13.7. The first-order chi connectivity index (χ1) is 11.0. The number of nitrogens with one attached hydrogen (secondary N) is 1. The molecule has 0 saturated heterocycles. The minimum Gasteiger partial charge on any atom is -0.343 e. The van der Waals surface area contributed by atoms with Crippen LogP contribution in [0.5, 0.6) is 0 Å².